The summed E-state index contributed by atoms with van der Waals surface area (Å²) in [6, 6.07) is 5.42. The fourth-order valence-corrected chi connectivity index (χ4v) is 6.64. The van der Waals surface area contributed by atoms with E-state index in [0.29, 0.717) is 30.1 Å². The van der Waals surface area contributed by atoms with Crippen LogP contribution in [0, 0.1) is 0 Å². The zero-order valence-electron chi connectivity index (χ0n) is 17.3. The molecule has 1 N–H and O–H groups in total. The fourth-order valence-electron chi connectivity index (χ4n) is 4.38. The quantitative estimate of drug-likeness (QED) is 0.355. The summed E-state index contributed by atoms with van der Waals surface area (Å²) >= 11 is 2.96. The van der Waals surface area contributed by atoms with Gasteiger partial charge in [-0.05, 0) is 68.4 Å². The Morgan fingerprint density at radius 1 is 1.19 bits per heavy atom. The molecule has 0 bridgehead atoms. The number of ketones is 1. The number of thiophene rings is 1. The van der Waals surface area contributed by atoms with Gasteiger partial charge in [-0.25, -0.2) is 4.98 Å². The lowest BCUT2D eigenvalue weighted by Crippen LogP contribution is -2.23. The van der Waals surface area contributed by atoms with Crippen molar-refractivity contribution < 1.29 is 9.59 Å². The van der Waals surface area contributed by atoms with E-state index < -0.39 is 0 Å². The summed E-state index contributed by atoms with van der Waals surface area (Å²) in [5.41, 5.74) is 3.62. The highest BCUT2D eigenvalue weighted by Gasteiger charge is 2.22. The first kappa shape index (κ1) is 20.5. The van der Waals surface area contributed by atoms with Crippen molar-refractivity contribution >= 4 is 50.7 Å². The van der Waals surface area contributed by atoms with Gasteiger partial charge in [-0.2, -0.15) is 0 Å². The highest BCUT2D eigenvalue weighted by atomic mass is 32.2. The lowest BCUT2D eigenvalue weighted by molar-refractivity contribution is -0.116. The van der Waals surface area contributed by atoms with Crippen LogP contribution in [0.1, 0.15) is 52.5 Å². The first-order valence-corrected chi connectivity index (χ1v) is 12.5. The van der Waals surface area contributed by atoms with E-state index in [9.17, 15) is 14.4 Å². The Hall–Kier alpha value is -2.45. The third-order valence-corrected chi connectivity index (χ3v) is 8.17. The molecule has 0 spiro atoms. The molecule has 0 atom stereocenters. The monoisotopic (exact) mass is 453 g/mol. The molecule has 2 aromatic heterocycles. The number of benzene rings is 1. The molecule has 6 nitrogen and oxygen atoms in total. The SMILES string of the molecule is CCn1c(SCC(=O)c2ccc3c(c2)CCC(=O)N3)nc2sc3c(c2c1=O)CCCC3. The van der Waals surface area contributed by atoms with E-state index in [1.165, 1.54) is 28.6 Å². The number of thioether (sulfide) groups is 1. The van der Waals surface area contributed by atoms with Crippen molar-refractivity contribution in [3.05, 3.63) is 50.1 Å². The average Bonchev–Trinajstić information content (AvgIpc) is 3.15. The smallest absolute Gasteiger partial charge is 0.263 e. The molecule has 0 fully saturated rings. The molecule has 3 aromatic rings. The van der Waals surface area contributed by atoms with Gasteiger partial charge in [0.15, 0.2) is 10.9 Å². The molecule has 1 aliphatic carbocycles. The number of hydrogen-bond acceptors (Lipinski definition) is 6. The van der Waals surface area contributed by atoms with Crippen LogP contribution >= 0.6 is 23.1 Å². The van der Waals surface area contributed by atoms with Crippen LogP contribution in [0.2, 0.25) is 0 Å². The number of nitrogens with zero attached hydrogens (tertiary/aromatic N) is 2. The molecule has 1 amide bonds. The van der Waals surface area contributed by atoms with Gasteiger partial charge >= 0.3 is 0 Å². The Morgan fingerprint density at radius 2 is 2.03 bits per heavy atom. The van der Waals surface area contributed by atoms with Crippen molar-refractivity contribution in [2.75, 3.05) is 11.1 Å². The second-order valence-corrected chi connectivity index (χ2v) is 9.99. The van der Waals surface area contributed by atoms with Crippen LogP contribution in [0.15, 0.2) is 28.2 Å². The number of amides is 1. The third-order valence-electron chi connectivity index (χ3n) is 6.01. The van der Waals surface area contributed by atoms with Crippen LogP contribution in [0.3, 0.4) is 0 Å². The Labute approximate surface area is 188 Å². The highest BCUT2D eigenvalue weighted by Crippen LogP contribution is 2.35. The number of carbonyl (C=O) groups is 2. The van der Waals surface area contributed by atoms with Gasteiger partial charge in [0, 0.05) is 29.1 Å². The lowest BCUT2D eigenvalue weighted by Gasteiger charge is -2.17. The van der Waals surface area contributed by atoms with E-state index in [1.807, 2.05) is 13.0 Å². The van der Waals surface area contributed by atoms with Crippen LogP contribution in [0.25, 0.3) is 10.2 Å². The van der Waals surface area contributed by atoms with Gasteiger partial charge in [-0.15, -0.1) is 11.3 Å². The second kappa shape index (κ2) is 8.24. The topological polar surface area (TPSA) is 81.1 Å². The largest absolute Gasteiger partial charge is 0.326 e. The molecular weight excluding hydrogens is 430 g/mol. The first-order valence-electron chi connectivity index (χ1n) is 10.7. The van der Waals surface area contributed by atoms with E-state index in [0.717, 1.165) is 40.7 Å². The summed E-state index contributed by atoms with van der Waals surface area (Å²) in [5.74, 6) is 0.220. The summed E-state index contributed by atoms with van der Waals surface area (Å²) in [6.07, 6.45) is 5.37. The molecular formula is C23H23N3O3S2. The molecule has 2 aliphatic rings. The Morgan fingerprint density at radius 3 is 2.87 bits per heavy atom. The van der Waals surface area contributed by atoms with Crippen LogP contribution in [0.5, 0.6) is 0 Å². The summed E-state index contributed by atoms with van der Waals surface area (Å²) in [4.78, 5) is 44.5. The molecule has 31 heavy (non-hydrogen) atoms. The number of carbonyl (C=O) groups excluding carboxylic acids is 2. The Kier molecular flexibility index (Phi) is 5.44. The van der Waals surface area contributed by atoms with E-state index in [1.54, 1.807) is 28.0 Å². The standard InChI is InChI=1S/C23H23N3O3S2/c1-2-26-22(29)20-15-5-3-4-6-18(15)31-21(20)25-23(26)30-12-17(27)14-7-9-16-13(11-14)8-10-19(28)24-16/h7,9,11H,2-6,8,10,12H2,1H3,(H,24,28). The molecule has 0 unspecified atom stereocenters. The van der Waals surface area contributed by atoms with E-state index >= 15 is 0 Å². The van der Waals surface area contributed by atoms with Crippen LogP contribution in [-0.4, -0.2) is 27.0 Å². The number of aromatic nitrogens is 2. The molecule has 5 rings (SSSR count). The van der Waals surface area contributed by atoms with E-state index in [-0.39, 0.29) is 23.0 Å². The average molecular weight is 454 g/mol. The van der Waals surface area contributed by atoms with Gasteiger partial charge in [-0.3, -0.25) is 19.0 Å². The lowest BCUT2D eigenvalue weighted by atomic mass is 9.97. The van der Waals surface area contributed by atoms with E-state index in [4.69, 9.17) is 4.98 Å². The minimum Gasteiger partial charge on any atom is -0.326 e. The normalized spacial score (nSPS) is 15.5. The van der Waals surface area contributed by atoms with Crippen molar-refractivity contribution in [3.63, 3.8) is 0 Å². The maximum atomic E-state index is 13.2. The summed E-state index contributed by atoms with van der Waals surface area (Å²) in [7, 11) is 0. The second-order valence-electron chi connectivity index (χ2n) is 7.97. The fraction of sp³-hybridized carbons (Fsp3) is 0.391. The molecule has 0 saturated heterocycles. The number of hydrogen-bond donors (Lipinski definition) is 1. The number of aryl methyl sites for hydroxylation is 3. The van der Waals surface area contributed by atoms with Gasteiger partial charge in [-0.1, -0.05) is 11.8 Å². The number of rotatable bonds is 5. The number of Topliss-reactive ketones (excluding diaryl/α,β-unsaturated/α-hetero) is 1. The maximum Gasteiger partial charge on any atom is 0.263 e. The van der Waals surface area contributed by atoms with E-state index in [2.05, 4.69) is 5.32 Å². The highest BCUT2D eigenvalue weighted by molar-refractivity contribution is 7.99. The summed E-state index contributed by atoms with van der Waals surface area (Å²) < 4.78 is 1.70. The molecule has 160 valence electrons. The van der Waals surface area contributed by atoms with Crippen LogP contribution in [0.4, 0.5) is 5.69 Å². The molecule has 8 heteroatoms. The summed E-state index contributed by atoms with van der Waals surface area (Å²) in [6.45, 7) is 2.47. The minimum atomic E-state index is -0.00725. The Bertz CT molecular complexity index is 1280. The molecule has 1 aliphatic heterocycles. The molecule has 0 saturated carbocycles. The number of anilines is 1. The molecule has 1 aromatic carbocycles. The predicted molar refractivity (Wildman–Crippen MR) is 125 cm³/mol. The van der Waals surface area contributed by atoms with Gasteiger partial charge in [0.1, 0.15) is 4.83 Å². The Balaban J connectivity index is 1.41. The zero-order valence-corrected chi connectivity index (χ0v) is 19.0. The zero-order chi connectivity index (χ0) is 21.5. The number of nitrogens with one attached hydrogen (secondary N) is 1. The third kappa shape index (κ3) is 3.72. The van der Waals surface area contributed by atoms with Gasteiger partial charge in [0.2, 0.25) is 5.91 Å². The van der Waals surface area contributed by atoms with Crippen molar-refractivity contribution in [2.24, 2.45) is 0 Å². The van der Waals surface area contributed by atoms with Gasteiger partial charge < -0.3 is 5.32 Å². The van der Waals surface area contributed by atoms with Crippen LogP contribution < -0.4 is 10.9 Å². The van der Waals surface area contributed by atoms with Crippen molar-refractivity contribution in [3.8, 4) is 0 Å². The first-order chi connectivity index (χ1) is 15.0. The minimum absolute atomic E-state index is 0.00725. The van der Waals surface area contributed by atoms with Gasteiger partial charge in [0.05, 0.1) is 11.1 Å². The van der Waals surface area contributed by atoms with Crippen molar-refractivity contribution in [1.82, 2.24) is 9.55 Å². The predicted octanol–water partition coefficient (Wildman–Crippen LogP) is 4.22. The van der Waals surface area contributed by atoms with Crippen molar-refractivity contribution in [2.45, 2.75) is 57.1 Å². The summed E-state index contributed by atoms with van der Waals surface area (Å²) in [5, 5.41) is 4.23. The van der Waals surface area contributed by atoms with Crippen LogP contribution in [-0.2, 0) is 30.6 Å². The van der Waals surface area contributed by atoms with Crippen molar-refractivity contribution in [1.29, 1.82) is 0 Å². The number of fused-ring (bicyclic) bond motifs is 4. The molecule has 0 radical (unpaired) electrons. The van der Waals surface area contributed by atoms with Gasteiger partial charge in [0.25, 0.3) is 5.56 Å². The maximum absolute atomic E-state index is 13.2. The molecule has 3 heterocycles.